The van der Waals surface area contributed by atoms with Gasteiger partial charge in [0.2, 0.25) is 11.8 Å². The smallest absolute Gasteiger partial charge is 0.238 e. The van der Waals surface area contributed by atoms with Gasteiger partial charge in [0.15, 0.2) is 0 Å². The summed E-state index contributed by atoms with van der Waals surface area (Å²) in [5.41, 5.74) is 0.0821. The van der Waals surface area contributed by atoms with Crippen LogP contribution in [0.25, 0.3) is 0 Å². The number of hydrogen-bond donors (Lipinski definition) is 2. The highest BCUT2D eigenvalue weighted by atomic mass is 35.5. The SMILES string of the molecule is CC(C)NC(=O)C1CCN(CC(=O)Nc2cc(Cl)ccc2F)CC1. The Hall–Kier alpha value is -1.66. The number of rotatable bonds is 5. The zero-order valence-electron chi connectivity index (χ0n) is 13.9. The zero-order chi connectivity index (χ0) is 17.7. The summed E-state index contributed by atoms with van der Waals surface area (Å²) in [5.74, 6) is -0.731. The monoisotopic (exact) mass is 355 g/mol. The summed E-state index contributed by atoms with van der Waals surface area (Å²) < 4.78 is 13.6. The van der Waals surface area contributed by atoms with Crippen LogP contribution in [0.1, 0.15) is 26.7 Å². The molecule has 1 heterocycles. The third-order valence-corrected chi connectivity index (χ3v) is 4.19. The average Bonchev–Trinajstić information content (AvgIpc) is 2.51. The van der Waals surface area contributed by atoms with Gasteiger partial charge in [-0.3, -0.25) is 14.5 Å². The van der Waals surface area contributed by atoms with Gasteiger partial charge in [-0.25, -0.2) is 4.39 Å². The fourth-order valence-corrected chi connectivity index (χ4v) is 2.91. The molecule has 24 heavy (non-hydrogen) atoms. The van der Waals surface area contributed by atoms with Crippen molar-refractivity contribution >= 4 is 29.1 Å². The lowest BCUT2D eigenvalue weighted by Crippen LogP contribution is -2.44. The number of carbonyl (C=O) groups excluding carboxylic acids is 2. The van der Waals surface area contributed by atoms with Crippen LogP contribution in [0.15, 0.2) is 18.2 Å². The van der Waals surface area contributed by atoms with E-state index < -0.39 is 5.82 Å². The van der Waals surface area contributed by atoms with Crippen LogP contribution in [0.4, 0.5) is 10.1 Å². The van der Waals surface area contributed by atoms with E-state index in [1.165, 1.54) is 18.2 Å². The number of halogens is 2. The van der Waals surface area contributed by atoms with Crippen molar-refractivity contribution in [1.82, 2.24) is 10.2 Å². The second kappa shape index (κ2) is 8.44. The van der Waals surface area contributed by atoms with Crippen molar-refractivity contribution in [2.24, 2.45) is 5.92 Å². The topological polar surface area (TPSA) is 61.4 Å². The second-order valence-corrected chi connectivity index (χ2v) is 6.82. The quantitative estimate of drug-likeness (QED) is 0.853. The summed E-state index contributed by atoms with van der Waals surface area (Å²) in [7, 11) is 0. The molecule has 1 saturated heterocycles. The van der Waals surface area contributed by atoms with Crippen LogP contribution in [0.3, 0.4) is 0 Å². The first-order chi connectivity index (χ1) is 11.3. The molecule has 2 N–H and O–H groups in total. The van der Waals surface area contributed by atoms with Gasteiger partial charge < -0.3 is 10.6 Å². The van der Waals surface area contributed by atoms with Gasteiger partial charge in [-0.1, -0.05) is 11.6 Å². The van der Waals surface area contributed by atoms with E-state index in [0.29, 0.717) is 18.1 Å². The van der Waals surface area contributed by atoms with Crippen LogP contribution in [-0.2, 0) is 9.59 Å². The molecule has 1 aliphatic heterocycles. The predicted molar refractivity (Wildman–Crippen MR) is 92.5 cm³/mol. The Balaban J connectivity index is 1.80. The van der Waals surface area contributed by atoms with Crippen molar-refractivity contribution in [2.45, 2.75) is 32.7 Å². The minimum atomic E-state index is -0.517. The first-order valence-electron chi connectivity index (χ1n) is 8.13. The van der Waals surface area contributed by atoms with Gasteiger partial charge in [-0.05, 0) is 58.0 Å². The molecule has 132 valence electrons. The first-order valence-corrected chi connectivity index (χ1v) is 8.50. The number of nitrogens with one attached hydrogen (secondary N) is 2. The molecule has 0 bridgehead atoms. The molecule has 5 nitrogen and oxygen atoms in total. The normalized spacial score (nSPS) is 16.2. The fraction of sp³-hybridized carbons (Fsp3) is 0.529. The highest BCUT2D eigenvalue weighted by Crippen LogP contribution is 2.20. The van der Waals surface area contributed by atoms with E-state index in [4.69, 9.17) is 11.6 Å². The van der Waals surface area contributed by atoms with Crippen LogP contribution in [0.5, 0.6) is 0 Å². The molecule has 0 radical (unpaired) electrons. The summed E-state index contributed by atoms with van der Waals surface area (Å²) in [6.45, 7) is 5.38. The Morgan fingerprint density at radius 1 is 1.33 bits per heavy atom. The zero-order valence-corrected chi connectivity index (χ0v) is 14.7. The Labute approximate surface area is 146 Å². The van der Waals surface area contributed by atoms with E-state index in [-0.39, 0.29) is 36.0 Å². The molecule has 2 rings (SSSR count). The molecule has 1 aliphatic rings. The van der Waals surface area contributed by atoms with Gasteiger partial charge in [-0.2, -0.15) is 0 Å². The molecule has 0 spiro atoms. The molecule has 0 saturated carbocycles. The number of amides is 2. The maximum Gasteiger partial charge on any atom is 0.238 e. The van der Waals surface area contributed by atoms with E-state index >= 15 is 0 Å². The van der Waals surface area contributed by atoms with Gasteiger partial charge in [-0.15, -0.1) is 0 Å². The van der Waals surface area contributed by atoms with E-state index in [0.717, 1.165) is 12.8 Å². The summed E-state index contributed by atoms with van der Waals surface area (Å²) in [6, 6.07) is 4.17. The van der Waals surface area contributed by atoms with E-state index in [1.54, 1.807) is 0 Å². The van der Waals surface area contributed by atoms with E-state index in [9.17, 15) is 14.0 Å². The molecule has 0 unspecified atom stereocenters. The number of hydrogen-bond acceptors (Lipinski definition) is 3. The van der Waals surface area contributed by atoms with Crippen molar-refractivity contribution in [1.29, 1.82) is 0 Å². The summed E-state index contributed by atoms with van der Waals surface area (Å²) in [4.78, 5) is 26.0. The number of carbonyl (C=O) groups is 2. The van der Waals surface area contributed by atoms with Gasteiger partial charge in [0, 0.05) is 17.0 Å². The van der Waals surface area contributed by atoms with Crippen LogP contribution in [0, 0.1) is 11.7 Å². The van der Waals surface area contributed by atoms with Gasteiger partial charge in [0.05, 0.1) is 12.2 Å². The first kappa shape index (κ1) is 18.7. The maximum absolute atomic E-state index is 13.6. The van der Waals surface area contributed by atoms with Crippen molar-refractivity contribution in [3.8, 4) is 0 Å². The lowest BCUT2D eigenvalue weighted by Gasteiger charge is -2.31. The van der Waals surface area contributed by atoms with Crippen molar-refractivity contribution in [3.05, 3.63) is 29.0 Å². The number of piperidine rings is 1. The Morgan fingerprint density at radius 2 is 2.00 bits per heavy atom. The summed E-state index contributed by atoms with van der Waals surface area (Å²) >= 11 is 5.81. The molecule has 2 amide bonds. The van der Waals surface area contributed by atoms with E-state index in [1.807, 2.05) is 18.7 Å². The largest absolute Gasteiger partial charge is 0.354 e. The Kier molecular flexibility index (Phi) is 6.57. The molecular weight excluding hydrogens is 333 g/mol. The number of likely N-dealkylation sites (tertiary alicyclic amines) is 1. The van der Waals surface area contributed by atoms with Crippen molar-refractivity contribution in [2.75, 3.05) is 25.0 Å². The fourth-order valence-electron chi connectivity index (χ4n) is 2.74. The minimum Gasteiger partial charge on any atom is -0.354 e. The molecule has 1 aromatic carbocycles. The number of nitrogens with zero attached hydrogens (tertiary/aromatic N) is 1. The van der Waals surface area contributed by atoms with Crippen molar-refractivity contribution in [3.63, 3.8) is 0 Å². The van der Waals surface area contributed by atoms with Gasteiger partial charge in [0.25, 0.3) is 0 Å². The third-order valence-electron chi connectivity index (χ3n) is 3.96. The lowest BCUT2D eigenvalue weighted by atomic mass is 9.95. The van der Waals surface area contributed by atoms with Crippen molar-refractivity contribution < 1.29 is 14.0 Å². The Bertz CT molecular complexity index is 601. The predicted octanol–water partition coefficient (Wildman–Crippen LogP) is 2.65. The standard InChI is InChI=1S/C17H23ClFN3O2/c1-11(2)20-17(24)12-5-7-22(8-6-12)10-16(23)21-15-9-13(18)3-4-14(15)19/h3-4,9,11-12H,5-8,10H2,1-2H3,(H,20,24)(H,21,23). The molecule has 1 fully saturated rings. The molecule has 7 heteroatoms. The van der Waals surface area contributed by atoms with Crippen LogP contribution >= 0.6 is 11.6 Å². The second-order valence-electron chi connectivity index (χ2n) is 6.39. The molecular formula is C17H23ClFN3O2. The third kappa shape index (κ3) is 5.46. The average molecular weight is 356 g/mol. The highest BCUT2D eigenvalue weighted by molar-refractivity contribution is 6.30. The maximum atomic E-state index is 13.6. The van der Waals surface area contributed by atoms with Gasteiger partial charge >= 0.3 is 0 Å². The molecule has 0 aromatic heterocycles. The molecule has 1 aromatic rings. The minimum absolute atomic E-state index is 0.00270. The number of anilines is 1. The Morgan fingerprint density at radius 3 is 2.62 bits per heavy atom. The van der Waals surface area contributed by atoms with Gasteiger partial charge in [0.1, 0.15) is 5.82 Å². The highest BCUT2D eigenvalue weighted by Gasteiger charge is 2.26. The van der Waals surface area contributed by atoms with Crippen LogP contribution in [0.2, 0.25) is 5.02 Å². The van der Waals surface area contributed by atoms with E-state index in [2.05, 4.69) is 10.6 Å². The van der Waals surface area contributed by atoms with Crippen LogP contribution in [-0.4, -0.2) is 42.4 Å². The number of benzene rings is 1. The molecule has 0 aliphatic carbocycles. The lowest BCUT2D eigenvalue weighted by molar-refractivity contribution is -0.127. The molecule has 0 atom stereocenters. The summed E-state index contributed by atoms with van der Waals surface area (Å²) in [5, 5.41) is 5.82. The van der Waals surface area contributed by atoms with Crippen LogP contribution < -0.4 is 10.6 Å². The summed E-state index contributed by atoms with van der Waals surface area (Å²) in [6.07, 6.45) is 1.44.